The van der Waals surface area contributed by atoms with Crippen LogP contribution in [0.2, 0.25) is 0 Å². The van der Waals surface area contributed by atoms with Crippen LogP contribution in [0.15, 0.2) is 84.9 Å². The van der Waals surface area contributed by atoms with E-state index in [1.165, 1.54) is 4.68 Å². The van der Waals surface area contributed by atoms with E-state index >= 15 is 0 Å². The zero-order valence-electron chi connectivity index (χ0n) is 22.8. The summed E-state index contributed by atoms with van der Waals surface area (Å²) in [4.78, 5) is 33.0. The number of benzene rings is 4. The molecule has 11 nitrogen and oxygen atoms in total. The van der Waals surface area contributed by atoms with Crippen LogP contribution in [0.1, 0.15) is 5.56 Å². The van der Waals surface area contributed by atoms with E-state index in [1.54, 1.807) is 6.07 Å². The summed E-state index contributed by atoms with van der Waals surface area (Å²) in [5.41, 5.74) is 12.3. The number of fused-ring (bicyclic) bond motifs is 20. The van der Waals surface area contributed by atoms with Gasteiger partial charge in [-0.05, 0) is 12.1 Å². The van der Waals surface area contributed by atoms with Crippen molar-refractivity contribution >= 4 is 49.8 Å². The topological polar surface area (TPSA) is 174 Å². The molecule has 44 heavy (non-hydrogen) atoms. The van der Waals surface area contributed by atoms with Crippen LogP contribution >= 0.6 is 0 Å². The average molecular weight is 570 g/mol. The maximum absolute atomic E-state index is 9.74. The first-order chi connectivity index (χ1) is 21.6. The summed E-state index contributed by atoms with van der Waals surface area (Å²) < 4.78 is 1.48. The van der Waals surface area contributed by atoms with Crippen LogP contribution in [0.25, 0.3) is 89.7 Å². The summed E-state index contributed by atoms with van der Waals surface area (Å²) in [5.74, 6) is 8.57. The number of hydrogen-bond acceptors (Lipinski definition) is 9. The van der Waals surface area contributed by atoms with Gasteiger partial charge < -0.3 is 16.6 Å². The number of anilines is 1. The zero-order chi connectivity index (χ0) is 29.5. The van der Waals surface area contributed by atoms with Crippen molar-refractivity contribution in [3.8, 4) is 51.6 Å². The van der Waals surface area contributed by atoms with Gasteiger partial charge >= 0.3 is 0 Å². The highest BCUT2D eigenvalue weighted by atomic mass is 15.3. The van der Waals surface area contributed by atoms with Crippen LogP contribution in [0.5, 0.6) is 0 Å². The quantitative estimate of drug-likeness (QED) is 0.157. The molecule has 0 spiro atoms. The number of rotatable bonds is 0. The molecular weight excluding hydrogens is 550 g/mol. The number of nitriles is 1. The lowest BCUT2D eigenvalue weighted by atomic mass is 10.1. The van der Waals surface area contributed by atoms with E-state index in [9.17, 15) is 5.26 Å². The minimum absolute atomic E-state index is 0.302. The molecule has 5 heterocycles. The molecule has 0 amide bonds. The Morgan fingerprint density at radius 1 is 0.568 bits per heavy atom. The number of hydrogen-bond donors (Lipinski definition) is 3. The second-order valence-corrected chi connectivity index (χ2v) is 10.5. The van der Waals surface area contributed by atoms with Crippen molar-refractivity contribution in [2.45, 2.75) is 0 Å². The van der Waals surface area contributed by atoms with Gasteiger partial charge in [0.15, 0.2) is 34.6 Å². The van der Waals surface area contributed by atoms with Crippen LogP contribution < -0.4 is 11.6 Å². The lowest BCUT2D eigenvalue weighted by Crippen LogP contribution is -2.09. The zero-order valence-corrected chi connectivity index (χ0v) is 22.8. The van der Waals surface area contributed by atoms with Gasteiger partial charge in [-0.25, -0.2) is 34.6 Å². The van der Waals surface area contributed by atoms with Crippen molar-refractivity contribution in [3.05, 3.63) is 90.5 Å². The molecule has 0 fully saturated rings. The minimum Gasteiger partial charge on any atom is -0.397 e. The summed E-state index contributed by atoms with van der Waals surface area (Å²) in [6.07, 6.45) is 0. The van der Waals surface area contributed by atoms with Crippen molar-refractivity contribution < 1.29 is 0 Å². The Bertz CT molecular complexity index is 2610. The standard InChI is InChI=1S/C33H19N11/c34-15-16-13-14-23-24(25(16)35)31-40-27-18-8-2-4-10-20(18)29(38-27)43-33-22-12-6-5-11-21(22)32(44(33)36)42-28-19-9-3-1-7-17(19)26(37-28)39-30(23)41-31/h1-14H,35-36H2,(H,37,38,39,40,41,42,43). The summed E-state index contributed by atoms with van der Waals surface area (Å²) in [6.45, 7) is 0. The summed E-state index contributed by atoms with van der Waals surface area (Å²) >= 11 is 0. The normalized spacial score (nSPS) is 11.8. The largest absolute Gasteiger partial charge is 0.397 e. The smallest absolute Gasteiger partial charge is 0.164 e. The van der Waals surface area contributed by atoms with Gasteiger partial charge in [-0.3, -0.25) is 0 Å². The van der Waals surface area contributed by atoms with E-state index in [0.29, 0.717) is 67.9 Å². The number of H-pyrrole nitrogens is 1. The fourth-order valence-electron chi connectivity index (χ4n) is 5.99. The van der Waals surface area contributed by atoms with Crippen molar-refractivity contribution in [2.75, 3.05) is 11.6 Å². The summed E-state index contributed by atoms with van der Waals surface area (Å²) in [7, 11) is 0. The van der Waals surface area contributed by atoms with Crippen LogP contribution in [0, 0.1) is 11.3 Å². The van der Waals surface area contributed by atoms with Gasteiger partial charge in [-0.1, -0.05) is 72.8 Å². The molecule has 0 saturated carbocycles. The van der Waals surface area contributed by atoms with E-state index in [4.69, 9.17) is 41.5 Å². The molecule has 0 aliphatic carbocycles. The van der Waals surface area contributed by atoms with E-state index in [0.717, 1.165) is 33.0 Å². The molecule has 3 aromatic heterocycles. The molecule has 0 radical (unpaired) electrons. The molecular formula is C33H19N11. The van der Waals surface area contributed by atoms with Gasteiger partial charge in [0.05, 0.1) is 16.6 Å². The molecule has 0 unspecified atom stereocenters. The fraction of sp³-hybridized carbons (Fsp3) is 0. The monoisotopic (exact) mass is 569 g/mol. The van der Waals surface area contributed by atoms with Gasteiger partial charge in [0, 0.05) is 38.4 Å². The number of nitrogens with one attached hydrogen (secondary N) is 1. The van der Waals surface area contributed by atoms with Gasteiger partial charge in [-0.2, -0.15) is 5.26 Å². The third kappa shape index (κ3) is 3.24. The van der Waals surface area contributed by atoms with E-state index < -0.39 is 0 Å². The molecule has 9 rings (SSSR count). The lowest BCUT2D eigenvalue weighted by Gasteiger charge is -1.99. The number of aromatic nitrogens is 8. The van der Waals surface area contributed by atoms with Crippen LogP contribution in [0.3, 0.4) is 0 Å². The summed E-state index contributed by atoms with van der Waals surface area (Å²) in [6, 6.07) is 29.0. The maximum atomic E-state index is 9.74. The first kappa shape index (κ1) is 24.0. The van der Waals surface area contributed by atoms with Crippen LogP contribution in [-0.4, -0.2) is 39.6 Å². The Morgan fingerprint density at radius 2 is 1.05 bits per heavy atom. The maximum Gasteiger partial charge on any atom is 0.164 e. The van der Waals surface area contributed by atoms with Crippen LogP contribution in [0.4, 0.5) is 5.69 Å². The molecule has 11 heteroatoms. The van der Waals surface area contributed by atoms with Gasteiger partial charge in [0.2, 0.25) is 0 Å². The lowest BCUT2D eigenvalue weighted by molar-refractivity contribution is 1.05. The predicted octanol–water partition coefficient (Wildman–Crippen LogP) is 5.51. The van der Waals surface area contributed by atoms with E-state index in [1.807, 2.05) is 78.9 Å². The SMILES string of the molecule is N#Cc1ccc2c3nc4nc(nc5c6ccccc6c(nc6nc(nc([nH]3)c2c1N)-c1ccccc1-6)n5N)-c1ccccc1-4. The van der Waals surface area contributed by atoms with E-state index in [2.05, 4.69) is 11.1 Å². The third-order valence-electron chi connectivity index (χ3n) is 8.06. The summed E-state index contributed by atoms with van der Waals surface area (Å²) in [5, 5.41) is 12.7. The second-order valence-electron chi connectivity index (χ2n) is 10.5. The number of aromatic amines is 1. The third-order valence-corrected chi connectivity index (χ3v) is 8.06. The van der Waals surface area contributed by atoms with Crippen molar-refractivity contribution in [1.29, 1.82) is 5.26 Å². The molecule has 206 valence electrons. The fourth-order valence-corrected chi connectivity index (χ4v) is 5.99. The van der Waals surface area contributed by atoms with Gasteiger partial charge in [0.1, 0.15) is 17.4 Å². The molecule has 2 aliphatic rings. The first-order valence-corrected chi connectivity index (χ1v) is 13.8. The second kappa shape index (κ2) is 8.67. The first-order valence-electron chi connectivity index (χ1n) is 13.8. The molecule has 8 bridgehead atoms. The highest BCUT2D eigenvalue weighted by molar-refractivity contribution is 6.12. The Labute approximate surface area is 248 Å². The van der Waals surface area contributed by atoms with Crippen molar-refractivity contribution in [1.82, 2.24) is 39.6 Å². The van der Waals surface area contributed by atoms with E-state index in [-0.39, 0.29) is 0 Å². The van der Waals surface area contributed by atoms with Gasteiger partial charge in [0.25, 0.3) is 0 Å². The Hall–Kier alpha value is -6.67. The Kier molecular flexibility index (Phi) is 4.72. The Morgan fingerprint density at radius 3 is 1.57 bits per heavy atom. The van der Waals surface area contributed by atoms with Gasteiger partial charge in [-0.15, -0.1) is 0 Å². The minimum atomic E-state index is 0.302. The molecule has 2 aliphatic heterocycles. The molecule has 7 aromatic rings. The van der Waals surface area contributed by atoms with Crippen molar-refractivity contribution in [3.63, 3.8) is 0 Å². The molecule has 4 aromatic carbocycles. The average Bonchev–Trinajstić information content (AvgIpc) is 3.76. The predicted molar refractivity (Wildman–Crippen MR) is 169 cm³/mol. The highest BCUT2D eigenvalue weighted by Crippen LogP contribution is 2.38. The molecule has 0 atom stereocenters. The number of nitrogens with two attached hydrogens (primary N) is 2. The number of nitrogen functional groups attached to an aromatic ring is 2. The Balaban J connectivity index is 1.54. The van der Waals surface area contributed by atoms with Crippen LogP contribution in [-0.2, 0) is 0 Å². The number of nitrogens with zero attached hydrogens (tertiary/aromatic N) is 8. The molecule has 5 N–H and O–H groups in total. The molecule has 0 saturated heterocycles. The van der Waals surface area contributed by atoms with Crippen molar-refractivity contribution in [2.24, 2.45) is 0 Å². The highest BCUT2D eigenvalue weighted by Gasteiger charge is 2.23.